The van der Waals surface area contributed by atoms with Gasteiger partial charge in [-0.3, -0.25) is 4.79 Å². The van der Waals surface area contributed by atoms with E-state index in [1.807, 2.05) is 12.1 Å². The van der Waals surface area contributed by atoms with Crippen LogP contribution in [0, 0.1) is 11.3 Å². The third-order valence-electron chi connectivity index (χ3n) is 3.66. The number of carbonyl (C=O) groups excluding carboxylic acids is 1. The number of nitriles is 1. The zero-order valence-corrected chi connectivity index (χ0v) is 13.6. The number of para-hydroxylation sites is 1. The number of carbonyl (C=O) groups is 1. The molecule has 0 aliphatic rings. The molecule has 0 aliphatic heterocycles. The Morgan fingerprint density at radius 1 is 1.04 bits per heavy atom. The van der Waals surface area contributed by atoms with Crippen LogP contribution in [0.1, 0.15) is 37.8 Å². The van der Waals surface area contributed by atoms with Crippen LogP contribution in [0.25, 0.3) is 0 Å². The smallest absolute Gasteiger partial charge is 0.246 e. The first-order valence-electron chi connectivity index (χ1n) is 7.67. The summed E-state index contributed by atoms with van der Waals surface area (Å²) < 4.78 is 0. The Balaban J connectivity index is 2.01. The molecular weight excluding hydrogens is 286 g/mol. The van der Waals surface area contributed by atoms with E-state index in [0.717, 1.165) is 5.69 Å². The van der Waals surface area contributed by atoms with Crippen LogP contribution in [-0.2, 0) is 4.79 Å². The summed E-state index contributed by atoms with van der Waals surface area (Å²) in [5, 5.41) is 15.0. The van der Waals surface area contributed by atoms with Crippen molar-refractivity contribution < 1.29 is 4.79 Å². The van der Waals surface area contributed by atoms with E-state index < -0.39 is 6.04 Å². The van der Waals surface area contributed by atoms with Crippen molar-refractivity contribution in [3.05, 3.63) is 59.7 Å². The van der Waals surface area contributed by atoms with Gasteiger partial charge < -0.3 is 10.6 Å². The van der Waals surface area contributed by atoms with Gasteiger partial charge in [-0.25, -0.2) is 0 Å². The SMILES string of the molecule is CC(C)c1ccc(N[C@@H](C)C(=O)Nc2ccccc2C#N)cc1. The van der Waals surface area contributed by atoms with Crippen molar-refractivity contribution in [2.45, 2.75) is 32.7 Å². The highest BCUT2D eigenvalue weighted by Gasteiger charge is 2.14. The van der Waals surface area contributed by atoms with Gasteiger partial charge in [0.15, 0.2) is 0 Å². The van der Waals surface area contributed by atoms with Crippen molar-refractivity contribution >= 4 is 17.3 Å². The molecule has 0 saturated heterocycles. The average molecular weight is 307 g/mol. The fraction of sp³-hybridized carbons (Fsp3) is 0.263. The van der Waals surface area contributed by atoms with Crippen molar-refractivity contribution in [2.24, 2.45) is 0 Å². The zero-order chi connectivity index (χ0) is 16.8. The van der Waals surface area contributed by atoms with Crippen molar-refractivity contribution in [3.8, 4) is 6.07 Å². The Morgan fingerprint density at radius 3 is 2.30 bits per heavy atom. The highest BCUT2D eigenvalue weighted by Crippen LogP contribution is 2.18. The lowest BCUT2D eigenvalue weighted by Gasteiger charge is -2.16. The Morgan fingerprint density at radius 2 is 1.70 bits per heavy atom. The third kappa shape index (κ3) is 4.33. The maximum Gasteiger partial charge on any atom is 0.246 e. The summed E-state index contributed by atoms with van der Waals surface area (Å²) in [5.41, 5.74) is 3.14. The standard InChI is InChI=1S/C19H21N3O/c1-13(2)15-8-10-17(11-9-15)21-14(3)19(23)22-18-7-5-4-6-16(18)12-20/h4-11,13-14,21H,1-3H3,(H,22,23)/t14-/m0/s1. The van der Waals surface area contributed by atoms with Gasteiger partial charge in [0, 0.05) is 5.69 Å². The molecule has 2 aromatic rings. The molecule has 0 unspecified atom stereocenters. The summed E-state index contributed by atoms with van der Waals surface area (Å²) in [4.78, 5) is 12.3. The molecule has 0 aliphatic carbocycles. The molecule has 23 heavy (non-hydrogen) atoms. The van der Waals surface area contributed by atoms with E-state index in [9.17, 15) is 4.79 Å². The fourth-order valence-electron chi connectivity index (χ4n) is 2.21. The fourth-order valence-corrected chi connectivity index (χ4v) is 2.21. The minimum Gasteiger partial charge on any atom is -0.374 e. The molecule has 2 N–H and O–H groups in total. The van der Waals surface area contributed by atoms with Crippen LogP contribution in [0.15, 0.2) is 48.5 Å². The minimum atomic E-state index is -0.411. The second kappa shape index (κ2) is 7.46. The number of anilines is 2. The number of hydrogen-bond acceptors (Lipinski definition) is 3. The molecule has 0 spiro atoms. The first-order valence-corrected chi connectivity index (χ1v) is 7.67. The topological polar surface area (TPSA) is 64.9 Å². The first-order chi connectivity index (χ1) is 11.0. The van der Waals surface area contributed by atoms with Gasteiger partial charge >= 0.3 is 0 Å². The van der Waals surface area contributed by atoms with Gasteiger partial charge in [-0.15, -0.1) is 0 Å². The summed E-state index contributed by atoms with van der Waals surface area (Å²) in [7, 11) is 0. The van der Waals surface area contributed by atoms with Gasteiger partial charge in [0.1, 0.15) is 12.1 Å². The normalized spacial score (nSPS) is 11.6. The Labute approximate surface area is 137 Å². The van der Waals surface area contributed by atoms with Crippen LogP contribution >= 0.6 is 0 Å². The molecule has 4 nitrogen and oxygen atoms in total. The molecule has 0 bridgehead atoms. The van der Waals surface area contributed by atoms with E-state index in [0.29, 0.717) is 17.2 Å². The van der Waals surface area contributed by atoms with Gasteiger partial charge in [0.25, 0.3) is 0 Å². The summed E-state index contributed by atoms with van der Waals surface area (Å²) in [6, 6.07) is 16.7. The van der Waals surface area contributed by atoms with E-state index in [2.05, 4.69) is 42.7 Å². The second-order valence-corrected chi connectivity index (χ2v) is 5.79. The number of nitrogens with one attached hydrogen (secondary N) is 2. The predicted molar refractivity (Wildman–Crippen MR) is 93.4 cm³/mol. The molecule has 118 valence electrons. The zero-order valence-electron chi connectivity index (χ0n) is 13.6. The lowest BCUT2D eigenvalue weighted by atomic mass is 10.0. The third-order valence-corrected chi connectivity index (χ3v) is 3.66. The minimum absolute atomic E-state index is 0.180. The van der Waals surface area contributed by atoms with Crippen LogP contribution in [-0.4, -0.2) is 11.9 Å². The van der Waals surface area contributed by atoms with E-state index in [-0.39, 0.29) is 5.91 Å². The van der Waals surface area contributed by atoms with Gasteiger partial charge in [0.2, 0.25) is 5.91 Å². The molecule has 1 amide bonds. The molecule has 0 saturated carbocycles. The van der Waals surface area contributed by atoms with E-state index >= 15 is 0 Å². The van der Waals surface area contributed by atoms with Crippen LogP contribution in [0.3, 0.4) is 0 Å². The predicted octanol–water partition coefficient (Wildman–Crippen LogP) is 4.12. The number of nitrogens with zero attached hydrogens (tertiary/aromatic N) is 1. The molecule has 2 rings (SSSR count). The Hall–Kier alpha value is -2.80. The maximum atomic E-state index is 12.3. The van der Waals surface area contributed by atoms with E-state index in [1.54, 1.807) is 31.2 Å². The summed E-state index contributed by atoms with van der Waals surface area (Å²) in [6.45, 7) is 6.08. The van der Waals surface area contributed by atoms with Crippen molar-refractivity contribution in [1.29, 1.82) is 5.26 Å². The molecule has 0 fully saturated rings. The lowest BCUT2D eigenvalue weighted by Crippen LogP contribution is -2.32. The van der Waals surface area contributed by atoms with Crippen LogP contribution in [0.4, 0.5) is 11.4 Å². The molecular formula is C19H21N3O. The van der Waals surface area contributed by atoms with E-state index in [4.69, 9.17) is 5.26 Å². The summed E-state index contributed by atoms with van der Waals surface area (Å²) in [5.74, 6) is 0.299. The second-order valence-electron chi connectivity index (χ2n) is 5.79. The first kappa shape index (κ1) is 16.6. The summed E-state index contributed by atoms with van der Waals surface area (Å²) >= 11 is 0. The Bertz CT molecular complexity index is 714. The van der Waals surface area contributed by atoms with E-state index in [1.165, 1.54) is 5.56 Å². The van der Waals surface area contributed by atoms with Crippen LogP contribution in [0.2, 0.25) is 0 Å². The molecule has 0 radical (unpaired) electrons. The highest BCUT2D eigenvalue weighted by atomic mass is 16.2. The lowest BCUT2D eigenvalue weighted by molar-refractivity contribution is -0.116. The van der Waals surface area contributed by atoms with Crippen molar-refractivity contribution in [1.82, 2.24) is 0 Å². The quantitative estimate of drug-likeness (QED) is 0.873. The molecule has 4 heteroatoms. The molecule has 0 aromatic heterocycles. The number of rotatable bonds is 5. The molecule has 2 aromatic carbocycles. The van der Waals surface area contributed by atoms with Gasteiger partial charge in [0.05, 0.1) is 11.3 Å². The van der Waals surface area contributed by atoms with Gasteiger partial charge in [-0.1, -0.05) is 38.1 Å². The Kier molecular flexibility index (Phi) is 5.37. The van der Waals surface area contributed by atoms with Gasteiger partial charge in [-0.05, 0) is 42.7 Å². The van der Waals surface area contributed by atoms with Crippen molar-refractivity contribution in [3.63, 3.8) is 0 Å². The van der Waals surface area contributed by atoms with Gasteiger partial charge in [-0.2, -0.15) is 5.26 Å². The number of amides is 1. The number of hydrogen-bond donors (Lipinski definition) is 2. The van der Waals surface area contributed by atoms with Crippen LogP contribution in [0.5, 0.6) is 0 Å². The number of benzene rings is 2. The molecule has 1 atom stereocenters. The van der Waals surface area contributed by atoms with Crippen molar-refractivity contribution in [2.75, 3.05) is 10.6 Å². The highest BCUT2D eigenvalue weighted by molar-refractivity contribution is 5.97. The summed E-state index contributed by atoms with van der Waals surface area (Å²) in [6.07, 6.45) is 0. The maximum absolute atomic E-state index is 12.3. The monoisotopic (exact) mass is 307 g/mol. The molecule has 0 heterocycles. The average Bonchev–Trinajstić information content (AvgIpc) is 2.55. The largest absolute Gasteiger partial charge is 0.374 e. The van der Waals surface area contributed by atoms with Crippen LogP contribution < -0.4 is 10.6 Å².